The van der Waals surface area contributed by atoms with Crippen molar-refractivity contribution in [2.75, 3.05) is 7.11 Å². The number of esters is 1. The van der Waals surface area contributed by atoms with Gasteiger partial charge in [-0.1, -0.05) is 51.5 Å². The van der Waals surface area contributed by atoms with Gasteiger partial charge in [0.15, 0.2) is 5.78 Å². The summed E-state index contributed by atoms with van der Waals surface area (Å²) in [6.45, 7) is 15.5. The van der Waals surface area contributed by atoms with Gasteiger partial charge in [-0.05, 0) is 68.4 Å². The highest BCUT2D eigenvalue weighted by Crippen LogP contribution is 2.78. The smallest absolute Gasteiger partial charge is 0.306 e. The molecule has 216 valence electrons. The van der Waals surface area contributed by atoms with Crippen molar-refractivity contribution in [3.63, 3.8) is 0 Å². The molecule has 10 atom stereocenters. The van der Waals surface area contributed by atoms with Gasteiger partial charge in [-0.15, -0.1) is 0 Å². The predicted molar refractivity (Wildman–Crippen MR) is 144 cm³/mol. The Morgan fingerprint density at radius 1 is 1.23 bits per heavy atom. The molecule has 3 N–H and O–H groups in total. The van der Waals surface area contributed by atoms with Gasteiger partial charge in [-0.3, -0.25) is 14.4 Å². The molecule has 4 rings (SSSR count). The molecule has 8 nitrogen and oxygen atoms in total. The van der Waals surface area contributed by atoms with Crippen molar-refractivity contribution in [3.05, 3.63) is 35.5 Å². The minimum absolute atomic E-state index is 0.00265. The van der Waals surface area contributed by atoms with E-state index in [0.29, 0.717) is 19.3 Å². The normalized spacial score (nSPS) is 42.4. The van der Waals surface area contributed by atoms with Gasteiger partial charge in [0.2, 0.25) is 0 Å². The lowest BCUT2D eigenvalue weighted by molar-refractivity contribution is -0.144. The Hall–Kier alpha value is -2.29. The fourth-order valence-corrected chi connectivity index (χ4v) is 8.59. The van der Waals surface area contributed by atoms with Gasteiger partial charge >= 0.3 is 11.9 Å². The topological polar surface area (TPSA) is 134 Å². The van der Waals surface area contributed by atoms with Crippen molar-refractivity contribution in [3.8, 4) is 0 Å². The lowest BCUT2D eigenvalue weighted by atomic mass is 9.43. The quantitative estimate of drug-likeness (QED) is 0.225. The molecule has 8 heteroatoms. The summed E-state index contributed by atoms with van der Waals surface area (Å²) in [6, 6.07) is 0. The predicted octanol–water partition coefficient (Wildman–Crippen LogP) is 4.00. The summed E-state index contributed by atoms with van der Waals surface area (Å²) >= 11 is 0. The van der Waals surface area contributed by atoms with Gasteiger partial charge in [-0.25, -0.2) is 0 Å². The van der Waals surface area contributed by atoms with Crippen LogP contribution in [0.25, 0.3) is 0 Å². The number of aliphatic carboxylic acids is 1. The molecule has 3 aliphatic carbocycles. The Kier molecular flexibility index (Phi) is 7.36. The van der Waals surface area contributed by atoms with Gasteiger partial charge in [0.25, 0.3) is 0 Å². The molecule has 10 unspecified atom stereocenters. The van der Waals surface area contributed by atoms with Crippen LogP contribution >= 0.6 is 0 Å². The number of ether oxygens (including phenoxy) is 2. The maximum absolute atomic E-state index is 14.3. The SMILES string of the molecule is C=C(C)C1CC2OC23C(=CC(=O)C2(C)C(C(C)=CC(O)CC(C)C(=O)O)CC(O)C23C)C1(C)CCC(=O)OC. The third kappa shape index (κ3) is 4.00. The van der Waals surface area contributed by atoms with Crippen LogP contribution in [0.3, 0.4) is 0 Å². The number of rotatable bonds is 9. The number of hydrogen-bond donors (Lipinski definition) is 3. The Balaban J connectivity index is 1.79. The number of aliphatic hydroxyl groups is 2. The van der Waals surface area contributed by atoms with Crippen LogP contribution in [-0.2, 0) is 23.9 Å². The standard InChI is InChI=1S/C31H44O8/c1-16(2)20-14-25-31(39-25)22(28(20,5)10-9-26(35)38-8)15-23(33)29(6)21(13-24(34)30(29,31)7)17(3)11-19(32)12-18(4)27(36)37/h11,15,18-21,24-25,32,34H,1,9-10,12-14H2,2-8H3,(H,36,37). The zero-order valence-electron chi connectivity index (χ0n) is 24.2. The molecule has 4 aliphatic rings. The molecule has 0 bridgehead atoms. The van der Waals surface area contributed by atoms with Crippen molar-refractivity contribution in [1.82, 2.24) is 0 Å². The first kappa shape index (κ1) is 29.7. The number of carbonyl (C=O) groups is 3. The minimum Gasteiger partial charge on any atom is -0.481 e. The summed E-state index contributed by atoms with van der Waals surface area (Å²) in [6.07, 6.45) is 3.06. The zero-order valence-corrected chi connectivity index (χ0v) is 24.2. The molecule has 0 aromatic carbocycles. The van der Waals surface area contributed by atoms with Gasteiger partial charge in [0.05, 0.1) is 31.3 Å². The highest BCUT2D eigenvalue weighted by molar-refractivity contribution is 5.99. The molecule has 3 fully saturated rings. The summed E-state index contributed by atoms with van der Waals surface area (Å²) < 4.78 is 11.5. The number of aliphatic hydroxyl groups excluding tert-OH is 2. The summed E-state index contributed by atoms with van der Waals surface area (Å²) in [7, 11) is 1.36. The number of fused-ring (bicyclic) bond motifs is 1. The van der Waals surface area contributed by atoms with Crippen molar-refractivity contribution < 1.29 is 39.2 Å². The molecule has 0 amide bonds. The van der Waals surface area contributed by atoms with Crippen molar-refractivity contribution in [2.45, 2.75) is 97.6 Å². The molecule has 2 saturated carbocycles. The van der Waals surface area contributed by atoms with Crippen LogP contribution in [0.4, 0.5) is 0 Å². The first-order valence-electron chi connectivity index (χ1n) is 14.0. The average molecular weight is 545 g/mol. The second kappa shape index (κ2) is 9.67. The largest absolute Gasteiger partial charge is 0.481 e. The van der Waals surface area contributed by atoms with Crippen molar-refractivity contribution in [1.29, 1.82) is 0 Å². The fourth-order valence-electron chi connectivity index (χ4n) is 8.59. The number of carbonyl (C=O) groups excluding carboxylic acids is 2. The third-order valence-corrected chi connectivity index (χ3v) is 11.1. The van der Waals surface area contributed by atoms with Crippen LogP contribution in [-0.4, -0.2) is 64.1 Å². The molecule has 1 spiro atoms. The highest BCUT2D eigenvalue weighted by Gasteiger charge is 2.84. The fraction of sp³-hybridized carbons (Fsp3) is 0.710. The van der Waals surface area contributed by atoms with Gasteiger partial charge in [0, 0.05) is 17.3 Å². The van der Waals surface area contributed by atoms with E-state index in [4.69, 9.17) is 9.47 Å². The van der Waals surface area contributed by atoms with Crippen LogP contribution in [0.5, 0.6) is 0 Å². The van der Waals surface area contributed by atoms with Gasteiger partial charge < -0.3 is 24.8 Å². The third-order valence-electron chi connectivity index (χ3n) is 11.1. The molecule has 0 aromatic rings. The number of carboxylic acids is 1. The number of hydrogen-bond acceptors (Lipinski definition) is 7. The minimum atomic E-state index is -1.01. The van der Waals surface area contributed by atoms with E-state index in [2.05, 4.69) is 13.5 Å². The number of allylic oxidation sites excluding steroid dienone is 3. The number of carboxylic acid groups (broad SMARTS) is 1. The molecule has 1 heterocycles. The molecule has 1 saturated heterocycles. The summed E-state index contributed by atoms with van der Waals surface area (Å²) in [5.41, 5.74) is -0.833. The van der Waals surface area contributed by atoms with Gasteiger partial charge in [-0.2, -0.15) is 0 Å². The monoisotopic (exact) mass is 544 g/mol. The highest BCUT2D eigenvalue weighted by atomic mass is 16.6. The number of methoxy groups -OCH3 is 1. The maximum Gasteiger partial charge on any atom is 0.306 e. The maximum atomic E-state index is 14.3. The van der Waals surface area contributed by atoms with E-state index in [9.17, 15) is 29.7 Å². The van der Waals surface area contributed by atoms with E-state index in [1.807, 2.05) is 27.7 Å². The van der Waals surface area contributed by atoms with Crippen LogP contribution in [0.1, 0.15) is 73.6 Å². The summed E-state index contributed by atoms with van der Waals surface area (Å²) in [5.74, 6) is -2.48. The van der Waals surface area contributed by atoms with Crippen LogP contribution < -0.4 is 0 Å². The lowest BCUT2D eigenvalue weighted by Crippen LogP contribution is -2.63. The van der Waals surface area contributed by atoms with E-state index in [1.165, 1.54) is 7.11 Å². The molecular weight excluding hydrogens is 500 g/mol. The van der Waals surface area contributed by atoms with Gasteiger partial charge in [0.1, 0.15) is 5.60 Å². The molecule has 0 aromatic heterocycles. The molecule has 0 radical (unpaired) electrons. The van der Waals surface area contributed by atoms with Crippen molar-refractivity contribution in [2.24, 2.45) is 34.0 Å². The average Bonchev–Trinajstić information content (AvgIpc) is 3.54. The second-order valence-corrected chi connectivity index (χ2v) is 13.1. The van der Waals surface area contributed by atoms with E-state index < -0.39 is 45.9 Å². The Morgan fingerprint density at radius 3 is 2.44 bits per heavy atom. The lowest BCUT2D eigenvalue weighted by Gasteiger charge is -2.57. The summed E-state index contributed by atoms with van der Waals surface area (Å²) in [5, 5.41) is 31.6. The van der Waals surface area contributed by atoms with Crippen LogP contribution in [0.15, 0.2) is 35.5 Å². The van der Waals surface area contributed by atoms with E-state index in [-0.39, 0.29) is 42.5 Å². The summed E-state index contributed by atoms with van der Waals surface area (Å²) in [4.78, 5) is 37.7. The molecule has 39 heavy (non-hydrogen) atoms. The Bertz CT molecular complexity index is 1150. The number of ketones is 1. The zero-order chi connectivity index (χ0) is 29.3. The van der Waals surface area contributed by atoms with Crippen LogP contribution in [0.2, 0.25) is 0 Å². The second-order valence-electron chi connectivity index (χ2n) is 13.1. The van der Waals surface area contributed by atoms with Crippen LogP contribution in [0, 0.1) is 34.0 Å². The van der Waals surface area contributed by atoms with Crippen molar-refractivity contribution >= 4 is 17.7 Å². The Labute approximate surface area is 231 Å². The molecule has 1 aliphatic heterocycles. The van der Waals surface area contributed by atoms with E-state index in [1.54, 1.807) is 19.1 Å². The Morgan fingerprint density at radius 2 is 1.87 bits per heavy atom. The molecular formula is C31H44O8. The first-order chi connectivity index (χ1) is 18.0. The first-order valence-corrected chi connectivity index (χ1v) is 14.0. The van der Waals surface area contributed by atoms with E-state index in [0.717, 1.165) is 16.7 Å². The van der Waals surface area contributed by atoms with E-state index >= 15 is 0 Å². The number of epoxide rings is 1.